The largest absolute Gasteiger partial charge is 0.496 e. The summed E-state index contributed by atoms with van der Waals surface area (Å²) >= 11 is 3.37. The molecule has 1 aromatic carbocycles. The summed E-state index contributed by atoms with van der Waals surface area (Å²) in [7, 11) is 1.58. The van der Waals surface area contributed by atoms with Crippen molar-refractivity contribution in [2.45, 2.75) is 0 Å². The first-order chi connectivity index (χ1) is 8.13. The first kappa shape index (κ1) is 11.7. The van der Waals surface area contributed by atoms with Gasteiger partial charge in [-0.2, -0.15) is 0 Å². The fourth-order valence-electron chi connectivity index (χ4n) is 1.62. The van der Waals surface area contributed by atoms with Crippen LogP contribution in [-0.2, 0) is 0 Å². The lowest BCUT2D eigenvalue weighted by molar-refractivity contribution is 0.0692. The minimum Gasteiger partial charge on any atom is -0.496 e. The Balaban J connectivity index is 2.50. The predicted molar refractivity (Wildman–Crippen MR) is 67.4 cm³/mol. The maximum Gasteiger partial charge on any atom is 0.352 e. The van der Waals surface area contributed by atoms with Crippen molar-refractivity contribution in [3.63, 3.8) is 0 Å². The fraction of sp³-hybridized carbons (Fsp3) is 0.0833. The number of hydrogen-bond donors (Lipinski definition) is 2. The van der Waals surface area contributed by atoms with Gasteiger partial charge in [0.15, 0.2) is 0 Å². The first-order valence-corrected chi connectivity index (χ1v) is 5.67. The zero-order valence-corrected chi connectivity index (χ0v) is 10.6. The molecule has 0 fully saturated rings. The van der Waals surface area contributed by atoms with Gasteiger partial charge >= 0.3 is 5.97 Å². The molecule has 17 heavy (non-hydrogen) atoms. The predicted octanol–water partition coefficient (Wildman–Crippen LogP) is 3.15. The van der Waals surface area contributed by atoms with Crippen LogP contribution in [0.1, 0.15) is 10.5 Å². The number of aromatic amines is 1. The van der Waals surface area contributed by atoms with Gasteiger partial charge in [-0.15, -0.1) is 0 Å². The number of carboxylic acid groups (broad SMARTS) is 1. The number of ether oxygens (including phenoxy) is 1. The molecule has 0 saturated heterocycles. The van der Waals surface area contributed by atoms with Gasteiger partial charge < -0.3 is 14.8 Å². The maximum absolute atomic E-state index is 11.0. The number of aromatic nitrogens is 1. The van der Waals surface area contributed by atoms with E-state index in [1.807, 2.05) is 12.1 Å². The average Bonchev–Trinajstić information content (AvgIpc) is 2.77. The Morgan fingerprint density at radius 2 is 2.18 bits per heavy atom. The summed E-state index contributed by atoms with van der Waals surface area (Å²) in [6.07, 6.45) is 1.61. The zero-order chi connectivity index (χ0) is 12.4. The summed E-state index contributed by atoms with van der Waals surface area (Å²) < 4.78 is 5.91. The minimum absolute atomic E-state index is 0.182. The Kier molecular flexibility index (Phi) is 3.19. The van der Waals surface area contributed by atoms with Crippen LogP contribution >= 0.6 is 15.9 Å². The van der Waals surface area contributed by atoms with Crippen molar-refractivity contribution in [1.29, 1.82) is 0 Å². The molecule has 2 N–H and O–H groups in total. The molecular weight excluding hydrogens is 286 g/mol. The second-order valence-corrected chi connectivity index (χ2v) is 4.28. The summed E-state index contributed by atoms with van der Waals surface area (Å²) in [6.45, 7) is 0. The third-order valence-corrected chi connectivity index (χ3v) is 3.04. The number of benzene rings is 1. The highest BCUT2D eigenvalue weighted by Crippen LogP contribution is 2.31. The van der Waals surface area contributed by atoms with E-state index in [4.69, 9.17) is 9.84 Å². The molecule has 0 bridgehead atoms. The lowest BCUT2D eigenvalue weighted by Crippen LogP contribution is -1.98. The van der Waals surface area contributed by atoms with Crippen LogP contribution in [0, 0.1) is 0 Å². The molecule has 1 heterocycles. The third kappa shape index (κ3) is 2.19. The summed E-state index contributed by atoms with van der Waals surface area (Å²) in [6, 6.07) is 7.17. The highest BCUT2D eigenvalue weighted by atomic mass is 79.9. The quantitative estimate of drug-likeness (QED) is 0.914. The van der Waals surface area contributed by atoms with E-state index in [1.165, 1.54) is 0 Å². The van der Waals surface area contributed by atoms with Crippen LogP contribution in [0.15, 0.2) is 34.9 Å². The Hall–Kier alpha value is -1.75. The van der Waals surface area contributed by atoms with Crippen molar-refractivity contribution in [3.05, 3.63) is 40.6 Å². The Morgan fingerprint density at radius 3 is 2.76 bits per heavy atom. The van der Waals surface area contributed by atoms with Gasteiger partial charge in [-0.3, -0.25) is 0 Å². The van der Waals surface area contributed by atoms with E-state index in [0.717, 1.165) is 10.0 Å². The second kappa shape index (κ2) is 4.63. The highest BCUT2D eigenvalue weighted by molar-refractivity contribution is 9.10. The summed E-state index contributed by atoms with van der Waals surface area (Å²) in [5, 5.41) is 9.02. The SMILES string of the molecule is COc1ccc(-c2cc[nH]c2C(=O)O)cc1Br. The average molecular weight is 296 g/mol. The molecule has 0 aliphatic rings. The van der Waals surface area contributed by atoms with Gasteiger partial charge in [-0.1, -0.05) is 6.07 Å². The molecule has 0 aliphatic carbocycles. The highest BCUT2D eigenvalue weighted by Gasteiger charge is 2.13. The van der Waals surface area contributed by atoms with Crippen LogP contribution in [0.5, 0.6) is 5.75 Å². The van der Waals surface area contributed by atoms with Gasteiger partial charge in [0.05, 0.1) is 11.6 Å². The molecule has 0 aliphatic heterocycles. The van der Waals surface area contributed by atoms with Gasteiger partial charge in [0, 0.05) is 11.8 Å². The number of rotatable bonds is 3. The summed E-state index contributed by atoms with van der Waals surface area (Å²) in [4.78, 5) is 13.7. The molecule has 0 saturated carbocycles. The molecule has 4 nitrogen and oxygen atoms in total. The molecule has 5 heteroatoms. The zero-order valence-electron chi connectivity index (χ0n) is 9.03. The first-order valence-electron chi connectivity index (χ1n) is 4.88. The molecule has 0 spiro atoms. The molecular formula is C12H10BrNO3. The normalized spacial score (nSPS) is 10.2. The van der Waals surface area contributed by atoms with Crippen LogP contribution in [0.3, 0.4) is 0 Å². The number of methoxy groups -OCH3 is 1. The monoisotopic (exact) mass is 295 g/mol. The van der Waals surface area contributed by atoms with E-state index in [-0.39, 0.29) is 5.69 Å². The smallest absolute Gasteiger partial charge is 0.352 e. The van der Waals surface area contributed by atoms with E-state index in [0.29, 0.717) is 11.3 Å². The Morgan fingerprint density at radius 1 is 1.41 bits per heavy atom. The number of carbonyl (C=O) groups is 1. The van der Waals surface area contributed by atoms with Crippen molar-refractivity contribution in [3.8, 4) is 16.9 Å². The maximum atomic E-state index is 11.0. The van der Waals surface area contributed by atoms with Gasteiger partial charge in [0.25, 0.3) is 0 Å². The molecule has 0 radical (unpaired) electrons. The number of halogens is 1. The summed E-state index contributed by atoms with van der Waals surface area (Å²) in [5.74, 6) is -0.266. The van der Waals surface area contributed by atoms with Crippen molar-refractivity contribution < 1.29 is 14.6 Å². The van der Waals surface area contributed by atoms with Crippen LogP contribution in [0.2, 0.25) is 0 Å². The van der Waals surface area contributed by atoms with Crippen molar-refractivity contribution in [1.82, 2.24) is 4.98 Å². The van der Waals surface area contributed by atoms with Crippen molar-refractivity contribution in [2.75, 3.05) is 7.11 Å². The third-order valence-electron chi connectivity index (χ3n) is 2.42. The number of aromatic carboxylic acids is 1. The number of nitrogens with one attached hydrogen (secondary N) is 1. The van der Waals surface area contributed by atoms with Gasteiger partial charge in [-0.25, -0.2) is 4.79 Å². The standard InChI is InChI=1S/C12H10BrNO3/c1-17-10-3-2-7(6-9(10)13)8-4-5-14-11(8)12(15)16/h2-6,14H,1H3,(H,15,16). The van der Waals surface area contributed by atoms with Crippen molar-refractivity contribution >= 4 is 21.9 Å². The fourth-order valence-corrected chi connectivity index (χ4v) is 2.16. The molecule has 2 rings (SSSR count). The molecule has 0 unspecified atom stereocenters. The topological polar surface area (TPSA) is 62.3 Å². The molecule has 0 amide bonds. The second-order valence-electron chi connectivity index (χ2n) is 3.42. The number of H-pyrrole nitrogens is 1. The molecule has 88 valence electrons. The van der Waals surface area contributed by atoms with Crippen LogP contribution < -0.4 is 4.74 Å². The summed E-state index contributed by atoms with van der Waals surface area (Å²) in [5.41, 5.74) is 1.65. The molecule has 1 aromatic heterocycles. The van der Waals surface area contributed by atoms with Gasteiger partial charge in [0.1, 0.15) is 11.4 Å². The van der Waals surface area contributed by atoms with E-state index in [2.05, 4.69) is 20.9 Å². The number of hydrogen-bond acceptors (Lipinski definition) is 2. The van der Waals surface area contributed by atoms with E-state index >= 15 is 0 Å². The van der Waals surface area contributed by atoms with Gasteiger partial charge in [-0.05, 0) is 39.7 Å². The molecule has 2 aromatic rings. The minimum atomic E-state index is -0.975. The van der Waals surface area contributed by atoms with E-state index in [1.54, 1.807) is 25.4 Å². The molecule has 0 atom stereocenters. The van der Waals surface area contributed by atoms with Crippen molar-refractivity contribution in [2.24, 2.45) is 0 Å². The Labute approximate surface area is 106 Å². The van der Waals surface area contributed by atoms with Gasteiger partial charge in [0.2, 0.25) is 0 Å². The van der Waals surface area contributed by atoms with Crippen LogP contribution in [-0.4, -0.2) is 23.2 Å². The Bertz CT molecular complexity index is 563. The lowest BCUT2D eigenvalue weighted by atomic mass is 10.1. The van der Waals surface area contributed by atoms with E-state index < -0.39 is 5.97 Å². The van der Waals surface area contributed by atoms with Crippen LogP contribution in [0.4, 0.5) is 0 Å². The number of carboxylic acids is 1. The lowest BCUT2D eigenvalue weighted by Gasteiger charge is -2.06. The van der Waals surface area contributed by atoms with E-state index in [9.17, 15) is 4.79 Å². The van der Waals surface area contributed by atoms with Crippen LogP contribution in [0.25, 0.3) is 11.1 Å².